The summed E-state index contributed by atoms with van der Waals surface area (Å²) in [6, 6.07) is -1.38. The van der Waals surface area contributed by atoms with Crippen LogP contribution in [0.5, 0.6) is 0 Å². The van der Waals surface area contributed by atoms with Gasteiger partial charge in [0.2, 0.25) is 0 Å². The summed E-state index contributed by atoms with van der Waals surface area (Å²) in [5.41, 5.74) is 0. The molecule has 0 fully saturated rings. The van der Waals surface area contributed by atoms with Crippen molar-refractivity contribution in [2.24, 2.45) is 0 Å². The molecule has 0 radical (unpaired) electrons. The molecule has 0 saturated carbocycles. The molecular weight excluding hydrogens is 274 g/mol. The van der Waals surface area contributed by atoms with Crippen LogP contribution >= 0.6 is 0 Å². The first-order valence-electron chi connectivity index (χ1n) is 7.45. The van der Waals surface area contributed by atoms with Crippen molar-refractivity contribution in [2.75, 3.05) is 33.4 Å². The average molecular weight is 303 g/mol. The van der Waals surface area contributed by atoms with Crippen LogP contribution in [0.4, 0.5) is 4.79 Å². The quantitative estimate of drug-likeness (QED) is 0.493. The molecule has 0 aromatic carbocycles. The third kappa shape index (κ3) is 9.25. The average Bonchev–Trinajstić information content (AvgIpc) is 2.43. The highest BCUT2D eigenvalue weighted by Gasteiger charge is 2.20. The molecule has 7 heteroatoms. The van der Waals surface area contributed by atoms with E-state index in [1.807, 2.05) is 6.92 Å². The number of amides is 2. The van der Waals surface area contributed by atoms with E-state index in [4.69, 9.17) is 9.84 Å². The van der Waals surface area contributed by atoms with Crippen molar-refractivity contribution < 1.29 is 19.4 Å². The molecule has 0 aliphatic heterocycles. The van der Waals surface area contributed by atoms with E-state index in [1.165, 1.54) is 0 Å². The predicted molar refractivity (Wildman–Crippen MR) is 81.5 cm³/mol. The predicted octanol–water partition coefficient (Wildman–Crippen LogP) is 0.896. The second-order valence-electron chi connectivity index (χ2n) is 5.03. The number of hydrogen-bond donors (Lipinski definition) is 3. The van der Waals surface area contributed by atoms with Gasteiger partial charge in [0.15, 0.2) is 0 Å². The number of carboxylic acids is 1. The molecule has 0 heterocycles. The first-order chi connectivity index (χ1) is 9.94. The molecule has 0 aromatic heterocycles. The largest absolute Gasteiger partial charge is 0.480 e. The molecule has 0 saturated heterocycles. The Hall–Kier alpha value is -1.34. The molecule has 2 atom stereocenters. The molecule has 0 rings (SSSR count). The van der Waals surface area contributed by atoms with Crippen LogP contribution in [0.3, 0.4) is 0 Å². The molecule has 21 heavy (non-hydrogen) atoms. The molecular formula is C14H29N3O4. The third-order valence-corrected chi connectivity index (χ3v) is 3.25. The lowest BCUT2D eigenvalue weighted by Crippen LogP contribution is -2.50. The fourth-order valence-corrected chi connectivity index (χ4v) is 2.03. The number of urea groups is 1. The van der Waals surface area contributed by atoms with Crippen molar-refractivity contribution in [1.82, 2.24) is 15.5 Å². The Morgan fingerprint density at radius 1 is 1.24 bits per heavy atom. The highest BCUT2D eigenvalue weighted by molar-refractivity contribution is 5.82. The van der Waals surface area contributed by atoms with Crippen LogP contribution in [0, 0.1) is 0 Å². The van der Waals surface area contributed by atoms with Crippen molar-refractivity contribution in [3.63, 3.8) is 0 Å². The van der Waals surface area contributed by atoms with E-state index in [0.29, 0.717) is 19.4 Å². The van der Waals surface area contributed by atoms with E-state index in [1.54, 1.807) is 7.11 Å². The minimum Gasteiger partial charge on any atom is -0.480 e. The lowest BCUT2D eigenvalue weighted by atomic mass is 10.1. The summed E-state index contributed by atoms with van der Waals surface area (Å²) in [6.07, 6.45) is 0.934. The van der Waals surface area contributed by atoms with Gasteiger partial charge >= 0.3 is 12.0 Å². The zero-order chi connectivity index (χ0) is 16.3. The van der Waals surface area contributed by atoms with Gasteiger partial charge in [0.1, 0.15) is 6.04 Å². The molecule has 2 amide bonds. The SMILES string of the molecule is CCN(CC)CC(C)NC(=O)NC(CCCOC)C(=O)O. The number of ether oxygens (including phenoxy) is 1. The number of rotatable bonds is 11. The number of carboxylic acid groups (broad SMARTS) is 1. The van der Waals surface area contributed by atoms with Gasteiger partial charge in [-0.15, -0.1) is 0 Å². The lowest BCUT2D eigenvalue weighted by molar-refractivity contribution is -0.139. The normalized spacial score (nSPS) is 13.8. The van der Waals surface area contributed by atoms with Gasteiger partial charge < -0.3 is 25.4 Å². The maximum atomic E-state index is 11.8. The number of aliphatic carboxylic acids is 1. The summed E-state index contributed by atoms with van der Waals surface area (Å²) in [5, 5.41) is 14.3. The number of hydrogen-bond acceptors (Lipinski definition) is 4. The van der Waals surface area contributed by atoms with Gasteiger partial charge in [-0.05, 0) is 32.9 Å². The zero-order valence-electron chi connectivity index (χ0n) is 13.5. The standard InChI is InChI=1S/C14H29N3O4/c1-5-17(6-2)10-11(3)15-14(20)16-12(13(18)19)8-7-9-21-4/h11-12H,5-10H2,1-4H3,(H,18,19)(H2,15,16,20). The van der Waals surface area contributed by atoms with Crippen LogP contribution in [0.2, 0.25) is 0 Å². The zero-order valence-corrected chi connectivity index (χ0v) is 13.5. The van der Waals surface area contributed by atoms with E-state index in [2.05, 4.69) is 29.4 Å². The Morgan fingerprint density at radius 3 is 2.33 bits per heavy atom. The van der Waals surface area contributed by atoms with Crippen LogP contribution < -0.4 is 10.6 Å². The molecule has 0 spiro atoms. The Bertz CT molecular complexity index is 309. The van der Waals surface area contributed by atoms with Crippen molar-refractivity contribution in [3.05, 3.63) is 0 Å². The first-order valence-corrected chi connectivity index (χ1v) is 7.45. The van der Waals surface area contributed by atoms with Crippen molar-refractivity contribution >= 4 is 12.0 Å². The summed E-state index contributed by atoms with van der Waals surface area (Å²) >= 11 is 0. The summed E-state index contributed by atoms with van der Waals surface area (Å²) in [4.78, 5) is 25.1. The van der Waals surface area contributed by atoms with Gasteiger partial charge in [0.05, 0.1) is 0 Å². The highest BCUT2D eigenvalue weighted by Crippen LogP contribution is 1.99. The Balaban J connectivity index is 4.20. The summed E-state index contributed by atoms with van der Waals surface area (Å²) in [5.74, 6) is -1.03. The molecule has 0 aliphatic rings. The summed E-state index contributed by atoms with van der Waals surface area (Å²) in [6.45, 7) is 9.07. The van der Waals surface area contributed by atoms with E-state index in [-0.39, 0.29) is 6.04 Å². The fraction of sp³-hybridized carbons (Fsp3) is 0.857. The van der Waals surface area contributed by atoms with Crippen LogP contribution in [-0.2, 0) is 9.53 Å². The number of carbonyl (C=O) groups excluding carboxylic acids is 1. The second-order valence-corrected chi connectivity index (χ2v) is 5.03. The molecule has 124 valence electrons. The van der Waals surface area contributed by atoms with Crippen LogP contribution in [0.15, 0.2) is 0 Å². The summed E-state index contributed by atoms with van der Waals surface area (Å²) < 4.78 is 4.88. The number of carbonyl (C=O) groups is 2. The number of nitrogens with one attached hydrogen (secondary N) is 2. The topological polar surface area (TPSA) is 90.9 Å². The lowest BCUT2D eigenvalue weighted by Gasteiger charge is -2.24. The minimum atomic E-state index is -1.03. The first kappa shape index (κ1) is 19.7. The Labute approximate surface area is 127 Å². The molecule has 0 aliphatic carbocycles. The van der Waals surface area contributed by atoms with E-state index < -0.39 is 18.0 Å². The number of nitrogens with zero attached hydrogens (tertiary/aromatic N) is 1. The molecule has 0 bridgehead atoms. The van der Waals surface area contributed by atoms with Crippen LogP contribution in [-0.4, -0.2) is 67.4 Å². The van der Waals surface area contributed by atoms with Crippen LogP contribution in [0.25, 0.3) is 0 Å². The minimum absolute atomic E-state index is 0.0432. The van der Waals surface area contributed by atoms with Crippen molar-refractivity contribution in [1.29, 1.82) is 0 Å². The molecule has 3 N–H and O–H groups in total. The van der Waals surface area contributed by atoms with Gasteiger partial charge in [-0.3, -0.25) is 0 Å². The van der Waals surface area contributed by atoms with Gasteiger partial charge in [-0.2, -0.15) is 0 Å². The van der Waals surface area contributed by atoms with Gasteiger partial charge in [-0.25, -0.2) is 9.59 Å². The number of methoxy groups -OCH3 is 1. The fourth-order valence-electron chi connectivity index (χ4n) is 2.03. The van der Waals surface area contributed by atoms with Crippen LogP contribution in [0.1, 0.15) is 33.6 Å². The maximum absolute atomic E-state index is 11.8. The van der Waals surface area contributed by atoms with E-state index in [9.17, 15) is 9.59 Å². The molecule has 2 unspecified atom stereocenters. The smallest absolute Gasteiger partial charge is 0.326 e. The number of likely N-dealkylation sites (N-methyl/N-ethyl adjacent to an activating group) is 1. The van der Waals surface area contributed by atoms with E-state index in [0.717, 1.165) is 19.6 Å². The van der Waals surface area contributed by atoms with Gasteiger partial charge in [0, 0.05) is 26.3 Å². The van der Waals surface area contributed by atoms with Crippen molar-refractivity contribution in [2.45, 2.75) is 45.7 Å². The van der Waals surface area contributed by atoms with Gasteiger partial charge in [-0.1, -0.05) is 13.8 Å². The highest BCUT2D eigenvalue weighted by atomic mass is 16.5. The molecule has 7 nitrogen and oxygen atoms in total. The third-order valence-electron chi connectivity index (χ3n) is 3.25. The maximum Gasteiger partial charge on any atom is 0.326 e. The molecule has 0 aromatic rings. The van der Waals surface area contributed by atoms with Crippen molar-refractivity contribution in [3.8, 4) is 0 Å². The second kappa shape index (κ2) is 11.3. The monoisotopic (exact) mass is 303 g/mol. The Morgan fingerprint density at radius 2 is 1.86 bits per heavy atom. The van der Waals surface area contributed by atoms with E-state index >= 15 is 0 Å². The van der Waals surface area contributed by atoms with Gasteiger partial charge in [0.25, 0.3) is 0 Å². The Kier molecular flexibility index (Phi) is 10.6. The summed E-state index contributed by atoms with van der Waals surface area (Å²) in [7, 11) is 1.56.